The van der Waals surface area contributed by atoms with E-state index >= 15 is 0 Å². The molecule has 0 saturated carbocycles. The highest BCUT2D eigenvalue weighted by Gasteiger charge is 2.25. The number of aromatic nitrogens is 1. The van der Waals surface area contributed by atoms with Gasteiger partial charge in [-0.1, -0.05) is 19.9 Å². The van der Waals surface area contributed by atoms with Gasteiger partial charge in [0.15, 0.2) is 0 Å². The number of carbonyl (C=O) groups excluding carboxylic acids is 2. The van der Waals surface area contributed by atoms with Crippen molar-refractivity contribution in [2.24, 2.45) is 7.05 Å². The Morgan fingerprint density at radius 1 is 1.15 bits per heavy atom. The van der Waals surface area contributed by atoms with Gasteiger partial charge in [-0.2, -0.15) is 0 Å². The molecule has 1 fully saturated rings. The van der Waals surface area contributed by atoms with Gasteiger partial charge in [0.2, 0.25) is 5.91 Å². The molecule has 1 aliphatic heterocycles. The standard InChI is InChI=1S/C13H13N3O2.C2H6/c1-15-7-5-9-10(15)3-2-4-11(9)16-8-6-12(17)14-13(16)18;1-2/h2-5,7H,6,8H2,1H3,(H,14,17,18);1-2H3. The predicted molar refractivity (Wildman–Crippen MR) is 79.8 cm³/mol. The number of carbonyl (C=O) groups is 2. The van der Waals surface area contributed by atoms with Crippen LogP contribution in [0.25, 0.3) is 10.9 Å². The van der Waals surface area contributed by atoms with Crippen LogP contribution in [0.4, 0.5) is 10.5 Å². The Labute approximate surface area is 118 Å². The number of amides is 3. The first-order valence-corrected chi connectivity index (χ1v) is 6.82. The van der Waals surface area contributed by atoms with Gasteiger partial charge in [0.25, 0.3) is 0 Å². The molecule has 1 aliphatic rings. The summed E-state index contributed by atoms with van der Waals surface area (Å²) in [5, 5.41) is 3.36. The van der Waals surface area contributed by atoms with E-state index in [0.29, 0.717) is 13.0 Å². The Kier molecular flexibility index (Phi) is 4.08. The van der Waals surface area contributed by atoms with Crippen molar-refractivity contribution in [1.29, 1.82) is 0 Å². The van der Waals surface area contributed by atoms with Gasteiger partial charge >= 0.3 is 6.03 Å². The highest BCUT2D eigenvalue weighted by molar-refractivity contribution is 6.09. The number of fused-ring (bicyclic) bond motifs is 1. The van der Waals surface area contributed by atoms with E-state index in [-0.39, 0.29) is 11.9 Å². The number of rotatable bonds is 1. The number of anilines is 1. The van der Waals surface area contributed by atoms with E-state index in [9.17, 15) is 9.59 Å². The number of hydrogen-bond donors (Lipinski definition) is 1. The molecule has 106 valence electrons. The van der Waals surface area contributed by atoms with Crippen LogP contribution in [0.2, 0.25) is 0 Å². The molecule has 3 amide bonds. The summed E-state index contributed by atoms with van der Waals surface area (Å²) in [6, 6.07) is 7.46. The smallest absolute Gasteiger partial charge is 0.328 e. The van der Waals surface area contributed by atoms with Crippen LogP contribution in [-0.4, -0.2) is 23.1 Å². The lowest BCUT2D eigenvalue weighted by Gasteiger charge is -2.27. The minimum atomic E-state index is -0.345. The summed E-state index contributed by atoms with van der Waals surface area (Å²) < 4.78 is 2.01. The lowest BCUT2D eigenvalue weighted by atomic mass is 10.2. The number of nitrogens with one attached hydrogen (secondary N) is 1. The third-order valence-corrected chi connectivity index (χ3v) is 3.25. The molecule has 3 rings (SSSR count). The Hall–Kier alpha value is -2.30. The molecule has 1 N–H and O–H groups in total. The Morgan fingerprint density at radius 2 is 1.90 bits per heavy atom. The second-order valence-corrected chi connectivity index (χ2v) is 4.39. The zero-order valence-electron chi connectivity index (χ0n) is 12.0. The maximum Gasteiger partial charge on any atom is 0.328 e. The number of imide groups is 1. The normalized spacial score (nSPS) is 14.8. The summed E-state index contributed by atoms with van der Waals surface area (Å²) in [7, 11) is 1.96. The predicted octanol–water partition coefficient (Wildman–Crippen LogP) is 2.65. The average Bonchev–Trinajstić information content (AvgIpc) is 2.83. The van der Waals surface area contributed by atoms with Crippen LogP contribution in [0.5, 0.6) is 0 Å². The fourth-order valence-electron chi connectivity index (χ4n) is 2.32. The Morgan fingerprint density at radius 3 is 2.60 bits per heavy atom. The number of nitrogens with zero attached hydrogens (tertiary/aromatic N) is 2. The zero-order valence-corrected chi connectivity index (χ0v) is 12.0. The molecule has 5 heteroatoms. The molecular formula is C15H19N3O2. The number of urea groups is 1. The largest absolute Gasteiger partial charge is 0.350 e. The second-order valence-electron chi connectivity index (χ2n) is 4.39. The summed E-state index contributed by atoms with van der Waals surface area (Å²) in [6.07, 6.45) is 2.30. The first-order chi connectivity index (χ1) is 9.66. The summed E-state index contributed by atoms with van der Waals surface area (Å²) in [5.74, 6) is -0.212. The van der Waals surface area contributed by atoms with Crippen LogP contribution in [-0.2, 0) is 11.8 Å². The fraction of sp³-hybridized carbons (Fsp3) is 0.333. The molecule has 20 heavy (non-hydrogen) atoms. The van der Waals surface area contributed by atoms with E-state index in [1.807, 2.05) is 55.9 Å². The first-order valence-electron chi connectivity index (χ1n) is 6.82. The molecule has 2 heterocycles. The minimum absolute atomic E-state index is 0.212. The lowest BCUT2D eigenvalue weighted by Crippen LogP contribution is -2.49. The van der Waals surface area contributed by atoms with Crippen molar-refractivity contribution in [3.05, 3.63) is 30.5 Å². The van der Waals surface area contributed by atoms with Crippen molar-refractivity contribution >= 4 is 28.5 Å². The number of benzene rings is 1. The molecule has 0 radical (unpaired) electrons. The zero-order chi connectivity index (χ0) is 14.7. The average molecular weight is 273 g/mol. The van der Waals surface area contributed by atoms with Crippen molar-refractivity contribution < 1.29 is 9.59 Å². The quantitative estimate of drug-likeness (QED) is 0.868. The van der Waals surface area contributed by atoms with Gasteiger partial charge in [0.1, 0.15) is 0 Å². The monoisotopic (exact) mass is 273 g/mol. The Balaban J connectivity index is 0.000000704. The first kappa shape index (κ1) is 14.1. The molecule has 1 saturated heterocycles. The Bertz CT molecular complexity index is 646. The lowest BCUT2D eigenvalue weighted by molar-refractivity contribution is -0.120. The molecule has 5 nitrogen and oxygen atoms in total. The summed E-state index contributed by atoms with van der Waals surface area (Å²) in [6.45, 7) is 4.43. The highest BCUT2D eigenvalue weighted by atomic mass is 16.2. The van der Waals surface area contributed by atoms with Crippen LogP contribution < -0.4 is 10.2 Å². The van der Waals surface area contributed by atoms with Crippen LogP contribution in [0, 0.1) is 0 Å². The SMILES string of the molecule is CC.Cn1ccc2c(N3CCC(=O)NC3=O)cccc21. The van der Waals surface area contributed by atoms with Crippen LogP contribution in [0.3, 0.4) is 0 Å². The van der Waals surface area contributed by atoms with Crippen molar-refractivity contribution in [1.82, 2.24) is 9.88 Å². The third kappa shape index (κ3) is 2.39. The van der Waals surface area contributed by atoms with Crippen LogP contribution in [0.1, 0.15) is 20.3 Å². The van der Waals surface area contributed by atoms with E-state index < -0.39 is 0 Å². The van der Waals surface area contributed by atoms with Gasteiger partial charge in [-0.3, -0.25) is 15.0 Å². The van der Waals surface area contributed by atoms with Gasteiger partial charge in [-0.05, 0) is 18.2 Å². The minimum Gasteiger partial charge on any atom is -0.350 e. The molecule has 2 aromatic rings. The third-order valence-electron chi connectivity index (χ3n) is 3.25. The second kappa shape index (κ2) is 5.77. The summed E-state index contributed by atoms with van der Waals surface area (Å²) in [5.41, 5.74) is 1.91. The van der Waals surface area contributed by atoms with Crippen molar-refractivity contribution in [2.45, 2.75) is 20.3 Å². The van der Waals surface area contributed by atoms with Crippen molar-refractivity contribution in [3.63, 3.8) is 0 Å². The fourth-order valence-corrected chi connectivity index (χ4v) is 2.32. The maximum absolute atomic E-state index is 11.8. The molecule has 0 aliphatic carbocycles. The highest BCUT2D eigenvalue weighted by Crippen LogP contribution is 2.28. The van der Waals surface area contributed by atoms with E-state index in [1.54, 1.807) is 4.90 Å². The molecule has 0 spiro atoms. The van der Waals surface area contributed by atoms with Crippen LogP contribution in [0.15, 0.2) is 30.5 Å². The summed E-state index contributed by atoms with van der Waals surface area (Å²) >= 11 is 0. The number of aryl methyl sites for hydroxylation is 1. The van der Waals surface area contributed by atoms with Crippen molar-refractivity contribution in [3.8, 4) is 0 Å². The molecule has 0 atom stereocenters. The molecule has 1 aromatic heterocycles. The van der Waals surface area contributed by atoms with E-state index in [4.69, 9.17) is 0 Å². The van der Waals surface area contributed by atoms with E-state index in [1.165, 1.54) is 0 Å². The van der Waals surface area contributed by atoms with E-state index in [0.717, 1.165) is 16.6 Å². The molecular weight excluding hydrogens is 254 g/mol. The molecule has 0 bridgehead atoms. The van der Waals surface area contributed by atoms with Crippen molar-refractivity contribution in [2.75, 3.05) is 11.4 Å². The van der Waals surface area contributed by atoms with Gasteiger partial charge in [-0.25, -0.2) is 4.79 Å². The van der Waals surface area contributed by atoms with Crippen LogP contribution >= 0.6 is 0 Å². The van der Waals surface area contributed by atoms with Gasteiger partial charge < -0.3 is 4.57 Å². The molecule has 0 unspecified atom stereocenters. The van der Waals surface area contributed by atoms with Gasteiger partial charge in [0, 0.05) is 37.1 Å². The maximum atomic E-state index is 11.8. The molecule has 1 aromatic carbocycles. The van der Waals surface area contributed by atoms with E-state index in [2.05, 4.69) is 5.32 Å². The van der Waals surface area contributed by atoms with Gasteiger partial charge in [-0.15, -0.1) is 0 Å². The topological polar surface area (TPSA) is 54.3 Å². The number of hydrogen-bond acceptors (Lipinski definition) is 2. The van der Waals surface area contributed by atoms with Gasteiger partial charge in [0.05, 0.1) is 5.69 Å². The summed E-state index contributed by atoms with van der Waals surface area (Å²) in [4.78, 5) is 24.6.